The van der Waals surface area contributed by atoms with Crippen LogP contribution in [-0.4, -0.2) is 16.3 Å². The fourth-order valence-electron chi connectivity index (χ4n) is 1.20. The Morgan fingerprint density at radius 3 is 2.87 bits per heavy atom. The Labute approximate surface area is 92.5 Å². The van der Waals surface area contributed by atoms with Crippen molar-refractivity contribution < 1.29 is 14.3 Å². The van der Waals surface area contributed by atoms with Crippen LogP contribution in [0.3, 0.4) is 0 Å². The first-order chi connectivity index (χ1) is 7.11. The lowest BCUT2D eigenvalue weighted by atomic mass is 10.2. The molecule has 0 aliphatic carbocycles. The molecule has 1 aromatic carbocycles. The fourth-order valence-corrected chi connectivity index (χ4v) is 2.31. The zero-order chi connectivity index (χ0) is 11.3. The van der Waals surface area contributed by atoms with Crippen LogP contribution < -0.4 is 0 Å². The van der Waals surface area contributed by atoms with Crippen LogP contribution in [0.2, 0.25) is 0 Å². The van der Waals surface area contributed by atoms with E-state index >= 15 is 0 Å². The first kappa shape index (κ1) is 12.0. The summed E-state index contributed by atoms with van der Waals surface area (Å²) in [5.41, 5.74) is 0. The number of hydrogen-bond donors (Lipinski definition) is 1. The lowest BCUT2D eigenvalue weighted by Gasteiger charge is -2.11. The molecule has 1 aromatic rings. The third-order valence-corrected chi connectivity index (χ3v) is 3.32. The highest BCUT2D eigenvalue weighted by Crippen LogP contribution is 2.27. The van der Waals surface area contributed by atoms with Gasteiger partial charge in [0.05, 0.1) is 6.42 Å². The quantitative estimate of drug-likeness (QED) is 0.786. The lowest BCUT2D eigenvalue weighted by Crippen LogP contribution is -2.08. The van der Waals surface area contributed by atoms with Gasteiger partial charge in [-0.1, -0.05) is 13.0 Å². The molecular weight excluding hydrogens is 215 g/mol. The van der Waals surface area contributed by atoms with Crippen LogP contribution in [0.1, 0.15) is 19.8 Å². The van der Waals surface area contributed by atoms with Crippen LogP contribution >= 0.6 is 11.8 Å². The van der Waals surface area contributed by atoms with E-state index in [1.807, 2.05) is 6.92 Å². The number of rotatable bonds is 5. The monoisotopic (exact) mass is 228 g/mol. The van der Waals surface area contributed by atoms with Gasteiger partial charge in [-0.2, -0.15) is 0 Å². The van der Waals surface area contributed by atoms with Gasteiger partial charge >= 0.3 is 5.97 Å². The number of halogens is 1. The minimum atomic E-state index is -0.814. The van der Waals surface area contributed by atoms with Crippen molar-refractivity contribution in [3.63, 3.8) is 0 Å². The van der Waals surface area contributed by atoms with E-state index in [9.17, 15) is 9.18 Å². The number of carbonyl (C=O) groups is 1. The second kappa shape index (κ2) is 5.75. The molecule has 0 aliphatic heterocycles. The SMILES string of the molecule is CCC(CC(=O)O)Sc1cccc(F)c1. The summed E-state index contributed by atoms with van der Waals surface area (Å²) in [6, 6.07) is 6.22. The molecule has 0 amide bonds. The predicted octanol–water partition coefficient (Wildman–Crippen LogP) is 3.17. The minimum Gasteiger partial charge on any atom is -0.481 e. The van der Waals surface area contributed by atoms with Gasteiger partial charge in [0, 0.05) is 10.1 Å². The normalized spacial score (nSPS) is 12.4. The van der Waals surface area contributed by atoms with Crippen LogP contribution in [0.25, 0.3) is 0 Å². The molecular formula is C11H13FO2S. The first-order valence-electron chi connectivity index (χ1n) is 4.76. The molecule has 15 heavy (non-hydrogen) atoms. The number of thioether (sulfide) groups is 1. The van der Waals surface area contributed by atoms with Gasteiger partial charge < -0.3 is 5.11 Å². The Balaban J connectivity index is 2.62. The Bertz CT molecular complexity index is 341. The zero-order valence-electron chi connectivity index (χ0n) is 8.44. The highest BCUT2D eigenvalue weighted by molar-refractivity contribution is 8.00. The minimum absolute atomic E-state index is 0.00398. The number of aliphatic carboxylic acids is 1. The van der Waals surface area contributed by atoms with Gasteiger partial charge in [-0.05, 0) is 24.6 Å². The molecule has 0 radical (unpaired) electrons. The summed E-state index contributed by atoms with van der Waals surface area (Å²) in [6.45, 7) is 1.93. The summed E-state index contributed by atoms with van der Waals surface area (Å²) >= 11 is 1.41. The van der Waals surface area contributed by atoms with Crippen molar-refractivity contribution in [2.75, 3.05) is 0 Å². The summed E-state index contributed by atoms with van der Waals surface area (Å²) in [5.74, 6) is -1.10. The highest BCUT2D eigenvalue weighted by Gasteiger charge is 2.12. The maximum Gasteiger partial charge on any atom is 0.304 e. The Hall–Kier alpha value is -1.03. The first-order valence-corrected chi connectivity index (χ1v) is 5.63. The molecule has 4 heteroatoms. The molecule has 1 unspecified atom stereocenters. The van der Waals surface area contributed by atoms with Crippen LogP contribution in [0.15, 0.2) is 29.2 Å². The summed E-state index contributed by atoms with van der Waals surface area (Å²) < 4.78 is 12.9. The van der Waals surface area contributed by atoms with E-state index in [1.54, 1.807) is 12.1 Å². The molecule has 0 saturated carbocycles. The summed E-state index contributed by atoms with van der Waals surface area (Å²) in [5, 5.41) is 8.66. The third-order valence-electron chi connectivity index (χ3n) is 1.96. The van der Waals surface area contributed by atoms with E-state index < -0.39 is 5.97 Å². The van der Waals surface area contributed by atoms with Crippen molar-refractivity contribution >= 4 is 17.7 Å². The molecule has 82 valence electrons. The molecule has 0 fully saturated rings. The molecule has 0 aliphatic rings. The predicted molar refractivity (Wildman–Crippen MR) is 58.6 cm³/mol. The van der Waals surface area contributed by atoms with E-state index in [2.05, 4.69) is 0 Å². The molecule has 0 saturated heterocycles. The van der Waals surface area contributed by atoms with E-state index in [0.717, 1.165) is 11.3 Å². The molecule has 0 heterocycles. The molecule has 0 bridgehead atoms. The van der Waals surface area contributed by atoms with Crippen molar-refractivity contribution in [2.24, 2.45) is 0 Å². The second-order valence-corrected chi connectivity index (χ2v) is 4.58. The van der Waals surface area contributed by atoms with Gasteiger partial charge in [0.15, 0.2) is 0 Å². The van der Waals surface area contributed by atoms with Gasteiger partial charge in [-0.3, -0.25) is 4.79 Å². The van der Waals surface area contributed by atoms with E-state index in [-0.39, 0.29) is 17.5 Å². The molecule has 2 nitrogen and oxygen atoms in total. The van der Waals surface area contributed by atoms with Crippen molar-refractivity contribution in [3.05, 3.63) is 30.1 Å². The molecule has 1 N–H and O–H groups in total. The number of benzene rings is 1. The largest absolute Gasteiger partial charge is 0.481 e. The number of carboxylic acid groups (broad SMARTS) is 1. The van der Waals surface area contributed by atoms with Crippen molar-refractivity contribution in [1.29, 1.82) is 0 Å². The Morgan fingerprint density at radius 1 is 1.60 bits per heavy atom. The maximum atomic E-state index is 12.9. The van der Waals surface area contributed by atoms with Crippen LogP contribution in [0, 0.1) is 5.82 Å². The highest BCUT2D eigenvalue weighted by atomic mass is 32.2. The average molecular weight is 228 g/mol. The van der Waals surface area contributed by atoms with Crippen molar-refractivity contribution in [1.82, 2.24) is 0 Å². The van der Waals surface area contributed by atoms with Gasteiger partial charge in [0.2, 0.25) is 0 Å². The van der Waals surface area contributed by atoms with E-state index in [4.69, 9.17) is 5.11 Å². The van der Waals surface area contributed by atoms with Gasteiger partial charge in [-0.25, -0.2) is 4.39 Å². The van der Waals surface area contributed by atoms with E-state index in [0.29, 0.717) is 0 Å². The van der Waals surface area contributed by atoms with Gasteiger partial charge in [0.1, 0.15) is 5.82 Å². The molecule has 1 rings (SSSR count). The van der Waals surface area contributed by atoms with Gasteiger partial charge in [0.25, 0.3) is 0 Å². The summed E-state index contributed by atoms with van der Waals surface area (Å²) in [6.07, 6.45) is 0.866. The van der Waals surface area contributed by atoms with E-state index in [1.165, 1.54) is 23.9 Å². The third kappa shape index (κ3) is 4.34. The smallest absolute Gasteiger partial charge is 0.304 e. The van der Waals surface area contributed by atoms with Crippen LogP contribution in [0.5, 0.6) is 0 Å². The fraction of sp³-hybridized carbons (Fsp3) is 0.364. The number of hydrogen-bond acceptors (Lipinski definition) is 2. The van der Waals surface area contributed by atoms with Crippen LogP contribution in [-0.2, 0) is 4.79 Å². The standard InChI is InChI=1S/C11H13FO2S/c1-2-9(7-11(13)14)15-10-5-3-4-8(12)6-10/h3-6,9H,2,7H2,1H3,(H,13,14). The zero-order valence-corrected chi connectivity index (χ0v) is 9.26. The molecule has 0 spiro atoms. The topological polar surface area (TPSA) is 37.3 Å². The van der Waals surface area contributed by atoms with Crippen molar-refractivity contribution in [2.45, 2.75) is 29.9 Å². The van der Waals surface area contributed by atoms with Crippen molar-refractivity contribution in [3.8, 4) is 0 Å². The Morgan fingerprint density at radius 2 is 2.33 bits per heavy atom. The molecule has 0 aromatic heterocycles. The summed E-state index contributed by atoms with van der Waals surface area (Å²) in [4.78, 5) is 11.3. The lowest BCUT2D eigenvalue weighted by molar-refractivity contribution is -0.136. The summed E-state index contributed by atoms with van der Waals surface area (Å²) in [7, 11) is 0. The van der Waals surface area contributed by atoms with Crippen LogP contribution in [0.4, 0.5) is 4.39 Å². The van der Waals surface area contributed by atoms with Gasteiger partial charge in [-0.15, -0.1) is 11.8 Å². The number of carboxylic acids is 1. The second-order valence-electron chi connectivity index (χ2n) is 3.20. The average Bonchev–Trinajstić information content (AvgIpc) is 2.16. The molecule has 1 atom stereocenters. The Kier molecular flexibility index (Phi) is 4.62. The maximum absolute atomic E-state index is 12.9.